The number of phenolic OH excluding ortho intramolecular Hbond substituents is 1. The van der Waals surface area contributed by atoms with Crippen LogP contribution in [0.1, 0.15) is 29.7 Å². The molecule has 2 aromatic carbocycles. The number of methoxy groups -OCH3 is 2. The van der Waals surface area contributed by atoms with Gasteiger partial charge in [-0.2, -0.15) is 0 Å². The molecule has 2 aromatic rings. The first-order valence-corrected chi connectivity index (χ1v) is 8.43. The van der Waals surface area contributed by atoms with Crippen molar-refractivity contribution in [3.05, 3.63) is 53.1 Å². The van der Waals surface area contributed by atoms with Crippen LogP contribution in [0.25, 0.3) is 0 Å². The predicted octanol–water partition coefficient (Wildman–Crippen LogP) is 3.57. The summed E-state index contributed by atoms with van der Waals surface area (Å²) in [6.45, 7) is 4.17. The Bertz CT molecular complexity index is 714. The zero-order valence-corrected chi connectivity index (χ0v) is 14.6. The third-order valence-corrected chi connectivity index (χ3v) is 4.92. The van der Waals surface area contributed by atoms with E-state index in [1.54, 1.807) is 20.3 Å². The summed E-state index contributed by atoms with van der Waals surface area (Å²) in [4.78, 5) is 2.46. The van der Waals surface area contributed by atoms with Crippen LogP contribution in [0.4, 0.5) is 0 Å². The minimum atomic E-state index is 0.229. The second kappa shape index (κ2) is 7.14. The highest BCUT2D eigenvalue weighted by Gasteiger charge is 2.28. The van der Waals surface area contributed by atoms with Gasteiger partial charge in [0, 0.05) is 12.6 Å². The van der Waals surface area contributed by atoms with Crippen LogP contribution in [0.3, 0.4) is 0 Å². The number of hydrogen-bond acceptors (Lipinski definition) is 4. The molecule has 0 amide bonds. The van der Waals surface area contributed by atoms with Gasteiger partial charge in [0.2, 0.25) is 0 Å². The maximum absolute atomic E-state index is 10.2. The van der Waals surface area contributed by atoms with Crippen molar-refractivity contribution in [2.45, 2.75) is 25.8 Å². The molecule has 0 fully saturated rings. The SMILES string of the molecule is CCN1CCc2cc(OC)c(OC)cc2[C@H]1Cc1ccccc1O. The average molecular weight is 327 g/mol. The molecule has 24 heavy (non-hydrogen) atoms. The molecule has 0 bridgehead atoms. The van der Waals surface area contributed by atoms with Crippen molar-refractivity contribution in [1.82, 2.24) is 4.90 Å². The summed E-state index contributed by atoms with van der Waals surface area (Å²) < 4.78 is 11.0. The van der Waals surface area contributed by atoms with Gasteiger partial charge in [-0.3, -0.25) is 4.90 Å². The summed E-state index contributed by atoms with van der Waals surface area (Å²) >= 11 is 0. The van der Waals surface area contributed by atoms with E-state index in [4.69, 9.17) is 9.47 Å². The lowest BCUT2D eigenvalue weighted by molar-refractivity contribution is 0.192. The summed E-state index contributed by atoms with van der Waals surface area (Å²) in [7, 11) is 3.34. The van der Waals surface area contributed by atoms with Crippen molar-refractivity contribution >= 4 is 0 Å². The van der Waals surface area contributed by atoms with Crippen molar-refractivity contribution in [2.75, 3.05) is 27.3 Å². The van der Waals surface area contributed by atoms with Crippen LogP contribution in [0, 0.1) is 0 Å². The monoisotopic (exact) mass is 327 g/mol. The first-order valence-electron chi connectivity index (χ1n) is 8.43. The van der Waals surface area contributed by atoms with E-state index >= 15 is 0 Å². The fourth-order valence-electron chi connectivity index (χ4n) is 3.59. The Balaban J connectivity index is 2.02. The van der Waals surface area contributed by atoms with E-state index in [-0.39, 0.29) is 6.04 Å². The lowest BCUT2D eigenvalue weighted by atomic mass is 9.88. The van der Waals surface area contributed by atoms with E-state index in [9.17, 15) is 5.11 Å². The molecule has 3 rings (SSSR count). The molecule has 128 valence electrons. The molecule has 0 aromatic heterocycles. The average Bonchev–Trinajstić information content (AvgIpc) is 2.62. The number of rotatable bonds is 5. The van der Waals surface area contributed by atoms with Crippen LogP contribution in [0.2, 0.25) is 0 Å². The summed E-state index contributed by atoms with van der Waals surface area (Å²) in [5, 5.41) is 10.2. The molecule has 4 nitrogen and oxygen atoms in total. The normalized spacial score (nSPS) is 17.4. The molecule has 1 heterocycles. The fraction of sp³-hybridized carbons (Fsp3) is 0.400. The third-order valence-electron chi connectivity index (χ3n) is 4.92. The molecule has 4 heteroatoms. The van der Waals surface area contributed by atoms with Gasteiger partial charge in [0.15, 0.2) is 11.5 Å². The Hall–Kier alpha value is -2.20. The number of likely N-dealkylation sites (N-methyl/N-ethyl adjacent to an activating group) is 1. The van der Waals surface area contributed by atoms with E-state index in [2.05, 4.69) is 24.0 Å². The van der Waals surface area contributed by atoms with Crippen LogP contribution in [0.5, 0.6) is 17.2 Å². The molecular formula is C20H25NO3. The van der Waals surface area contributed by atoms with Gasteiger partial charge in [-0.1, -0.05) is 25.1 Å². The number of benzene rings is 2. The standard InChI is InChI=1S/C20H25NO3/c1-4-21-10-9-14-12-19(23-2)20(24-3)13-16(14)17(21)11-15-7-5-6-8-18(15)22/h5-8,12-13,17,22H,4,9-11H2,1-3H3/t17-/m1/s1. The smallest absolute Gasteiger partial charge is 0.161 e. The highest BCUT2D eigenvalue weighted by molar-refractivity contribution is 5.50. The largest absolute Gasteiger partial charge is 0.508 e. The van der Waals surface area contributed by atoms with Crippen LogP contribution >= 0.6 is 0 Å². The zero-order chi connectivity index (χ0) is 17.1. The lowest BCUT2D eigenvalue weighted by Crippen LogP contribution is -2.36. The molecule has 1 aliphatic rings. The number of fused-ring (bicyclic) bond motifs is 1. The van der Waals surface area contributed by atoms with Crippen LogP contribution < -0.4 is 9.47 Å². The minimum absolute atomic E-state index is 0.229. The van der Waals surface area contributed by atoms with Gasteiger partial charge in [0.05, 0.1) is 14.2 Å². The quantitative estimate of drug-likeness (QED) is 0.911. The Labute approximate surface area is 143 Å². The minimum Gasteiger partial charge on any atom is -0.508 e. The van der Waals surface area contributed by atoms with Gasteiger partial charge < -0.3 is 14.6 Å². The second-order valence-corrected chi connectivity index (χ2v) is 6.13. The van der Waals surface area contributed by atoms with E-state index in [1.165, 1.54) is 11.1 Å². The summed E-state index contributed by atoms with van der Waals surface area (Å²) in [6, 6.07) is 12.0. The summed E-state index contributed by atoms with van der Waals surface area (Å²) in [5.74, 6) is 1.90. The third kappa shape index (κ3) is 3.06. The van der Waals surface area contributed by atoms with Crippen molar-refractivity contribution in [2.24, 2.45) is 0 Å². The molecule has 1 aliphatic heterocycles. The van der Waals surface area contributed by atoms with Crippen molar-refractivity contribution < 1.29 is 14.6 Å². The molecule has 0 radical (unpaired) electrons. The van der Waals surface area contributed by atoms with Gasteiger partial charge in [-0.15, -0.1) is 0 Å². The molecule has 0 unspecified atom stereocenters. The van der Waals surface area contributed by atoms with Crippen LogP contribution in [-0.2, 0) is 12.8 Å². The number of hydrogen-bond donors (Lipinski definition) is 1. The van der Waals surface area contributed by atoms with Gasteiger partial charge in [0.1, 0.15) is 5.75 Å². The van der Waals surface area contributed by atoms with E-state index in [1.807, 2.05) is 18.2 Å². The van der Waals surface area contributed by atoms with Gasteiger partial charge >= 0.3 is 0 Å². The van der Waals surface area contributed by atoms with Gasteiger partial charge in [-0.05, 0) is 54.3 Å². The Kier molecular flexibility index (Phi) is 4.95. The summed E-state index contributed by atoms with van der Waals surface area (Å²) in [6.07, 6.45) is 1.78. The molecule has 0 aliphatic carbocycles. The Morgan fingerprint density at radius 1 is 1.12 bits per heavy atom. The van der Waals surface area contributed by atoms with Crippen molar-refractivity contribution in [3.8, 4) is 17.2 Å². The number of ether oxygens (including phenoxy) is 2. The van der Waals surface area contributed by atoms with Crippen LogP contribution in [0.15, 0.2) is 36.4 Å². The first-order chi connectivity index (χ1) is 11.7. The Morgan fingerprint density at radius 2 is 1.83 bits per heavy atom. The van der Waals surface area contributed by atoms with Gasteiger partial charge in [0.25, 0.3) is 0 Å². The highest BCUT2D eigenvalue weighted by atomic mass is 16.5. The zero-order valence-electron chi connectivity index (χ0n) is 14.6. The molecule has 0 spiro atoms. The number of nitrogens with zero attached hydrogens (tertiary/aromatic N) is 1. The predicted molar refractivity (Wildman–Crippen MR) is 95.0 cm³/mol. The molecule has 1 atom stereocenters. The maximum Gasteiger partial charge on any atom is 0.161 e. The summed E-state index contributed by atoms with van der Waals surface area (Å²) in [5.41, 5.74) is 3.55. The van der Waals surface area contributed by atoms with Gasteiger partial charge in [-0.25, -0.2) is 0 Å². The highest BCUT2D eigenvalue weighted by Crippen LogP contribution is 2.40. The fourth-order valence-corrected chi connectivity index (χ4v) is 3.59. The van der Waals surface area contributed by atoms with E-state index < -0.39 is 0 Å². The van der Waals surface area contributed by atoms with E-state index in [0.717, 1.165) is 43.0 Å². The number of aromatic hydroxyl groups is 1. The van der Waals surface area contributed by atoms with Crippen LogP contribution in [-0.4, -0.2) is 37.3 Å². The first kappa shape index (κ1) is 16.7. The maximum atomic E-state index is 10.2. The topological polar surface area (TPSA) is 41.9 Å². The number of para-hydroxylation sites is 1. The molecule has 0 saturated heterocycles. The second-order valence-electron chi connectivity index (χ2n) is 6.13. The molecule has 1 N–H and O–H groups in total. The lowest BCUT2D eigenvalue weighted by Gasteiger charge is -2.37. The molecule has 0 saturated carbocycles. The van der Waals surface area contributed by atoms with E-state index in [0.29, 0.717) is 5.75 Å². The number of phenols is 1. The van der Waals surface area contributed by atoms with Crippen molar-refractivity contribution in [3.63, 3.8) is 0 Å². The van der Waals surface area contributed by atoms with Crippen molar-refractivity contribution in [1.29, 1.82) is 0 Å². The Morgan fingerprint density at radius 3 is 2.50 bits per heavy atom. The molecular weight excluding hydrogens is 302 g/mol.